The van der Waals surface area contributed by atoms with Crippen molar-refractivity contribution >= 4 is 5.78 Å². The minimum Gasteiger partial charge on any atom is -0.497 e. The quantitative estimate of drug-likeness (QED) is 0.922. The monoisotopic (exact) mass is 326 g/mol. The molecular weight excluding hydrogens is 300 g/mol. The smallest absolute Gasteiger partial charge is 0.155 e. The summed E-state index contributed by atoms with van der Waals surface area (Å²) >= 11 is 0. The lowest BCUT2D eigenvalue weighted by Gasteiger charge is -2.46. The van der Waals surface area contributed by atoms with Crippen molar-refractivity contribution in [3.8, 4) is 5.75 Å². The first-order chi connectivity index (χ1) is 11.6. The normalized spacial score (nSPS) is 31.3. The van der Waals surface area contributed by atoms with E-state index in [1.807, 2.05) is 6.07 Å². The lowest BCUT2D eigenvalue weighted by molar-refractivity contribution is -0.113. The number of Topliss-reactive ketones (excluding diaryl/α,β-unsaturated/α-hetero) is 1. The molecule has 24 heavy (non-hydrogen) atoms. The summed E-state index contributed by atoms with van der Waals surface area (Å²) in [5, 5.41) is 10.1. The van der Waals surface area contributed by atoms with Crippen molar-refractivity contribution in [3.63, 3.8) is 0 Å². The van der Waals surface area contributed by atoms with Crippen molar-refractivity contribution in [3.05, 3.63) is 40.5 Å². The Bertz CT molecular complexity index is 703. The fourth-order valence-corrected chi connectivity index (χ4v) is 5.62. The Kier molecular flexibility index (Phi) is 4.00. The fourth-order valence-electron chi connectivity index (χ4n) is 5.62. The van der Waals surface area contributed by atoms with Crippen LogP contribution in [0.25, 0.3) is 0 Å². The molecule has 0 amide bonds. The van der Waals surface area contributed by atoms with Crippen LogP contribution in [-0.4, -0.2) is 24.6 Å². The van der Waals surface area contributed by atoms with Crippen molar-refractivity contribution in [1.29, 1.82) is 0 Å². The molecule has 1 saturated carbocycles. The van der Waals surface area contributed by atoms with E-state index in [2.05, 4.69) is 12.1 Å². The van der Waals surface area contributed by atoms with Crippen LogP contribution in [0.3, 0.4) is 0 Å². The second-order valence-corrected chi connectivity index (χ2v) is 7.64. The van der Waals surface area contributed by atoms with Crippen molar-refractivity contribution in [2.45, 2.75) is 44.9 Å². The van der Waals surface area contributed by atoms with Gasteiger partial charge in [-0.3, -0.25) is 4.79 Å². The van der Waals surface area contributed by atoms with E-state index >= 15 is 0 Å². The third-order valence-corrected chi connectivity index (χ3v) is 6.63. The van der Waals surface area contributed by atoms with Gasteiger partial charge < -0.3 is 9.84 Å². The number of ketones is 1. The Hall–Kier alpha value is -1.61. The third-order valence-electron chi connectivity index (χ3n) is 6.63. The fraction of sp³-hybridized carbons (Fsp3) is 0.571. The van der Waals surface area contributed by atoms with E-state index in [4.69, 9.17) is 4.74 Å². The molecule has 0 spiro atoms. The maximum Gasteiger partial charge on any atom is 0.155 e. The summed E-state index contributed by atoms with van der Waals surface area (Å²) in [6.45, 7) is 1.89. The molecule has 128 valence electrons. The van der Waals surface area contributed by atoms with Gasteiger partial charge in [0.2, 0.25) is 0 Å². The van der Waals surface area contributed by atoms with Gasteiger partial charge in [0, 0.05) is 6.61 Å². The second kappa shape index (κ2) is 6.03. The second-order valence-electron chi connectivity index (χ2n) is 7.64. The molecule has 0 saturated heterocycles. The number of aliphatic hydroxyl groups excluding tert-OH is 1. The van der Waals surface area contributed by atoms with Crippen molar-refractivity contribution in [2.75, 3.05) is 13.7 Å². The Morgan fingerprint density at radius 3 is 2.83 bits per heavy atom. The van der Waals surface area contributed by atoms with Gasteiger partial charge in [-0.2, -0.15) is 0 Å². The van der Waals surface area contributed by atoms with Gasteiger partial charge in [0.15, 0.2) is 5.78 Å². The number of aliphatic hydroxyl groups is 1. The lowest BCUT2D eigenvalue weighted by Crippen LogP contribution is -2.38. The first kappa shape index (κ1) is 15.9. The van der Waals surface area contributed by atoms with Gasteiger partial charge in [-0.1, -0.05) is 11.6 Å². The number of rotatable bonds is 3. The SMILES string of the molecule is COc1ccc2c(c1)[C@H]1[C@@H](CO)CC3=C(C(C)=O)CC[C@H]3[C@@H]1CC2. The van der Waals surface area contributed by atoms with E-state index in [0.717, 1.165) is 37.0 Å². The van der Waals surface area contributed by atoms with Crippen LogP contribution in [0, 0.1) is 17.8 Å². The summed E-state index contributed by atoms with van der Waals surface area (Å²) in [5.74, 6) is 2.86. The van der Waals surface area contributed by atoms with E-state index in [1.165, 1.54) is 23.1 Å². The number of hydrogen-bond donors (Lipinski definition) is 1. The van der Waals surface area contributed by atoms with Crippen LogP contribution >= 0.6 is 0 Å². The number of hydrogen-bond acceptors (Lipinski definition) is 3. The van der Waals surface area contributed by atoms with E-state index in [1.54, 1.807) is 14.0 Å². The van der Waals surface area contributed by atoms with E-state index < -0.39 is 0 Å². The Morgan fingerprint density at radius 1 is 1.29 bits per heavy atom. The Balaban J connectivity index is 1.78. The van der Waals surface area contributed by atoms with Crippen LogP contribution in [0.4, 0.5) is 0 Å². The Labute approximate surface area is 143 Å². The van der Waals surface area contributed by atoms with E-state index in [-0.39, 0.29) is 18.3 Å². The number of aryl methyl sites for hydroxylation is 1. The number of allylic oxidation sites excluding steroid dienone is 2. The Morgan fingerprint density at radius 2 is 2.12 bits per heavy atom. The van der Waals surface area contributed by atoms with Gasteiger partial charge in [0.05, 0.1) is 7.11 Å². The maximum atomic E-state index is 12.0. The van der Waals surface area contributed by atoms with Crippen LogP contribution in [0.1, 0.15) is 49.7 Å². The zero-order chi connectivity index (χ0) is 16.8. The summed E-state index contributed by atoms with van der Waals surface area (Å²) in [4.78, 5) is 12.0. The molecule has 1 aromatic carbocycles. The number of carbonyl (C=O) groups excluding carboxylic acids is 1. The maximum absolute atomic E-state index is 12.0. The first-order valence-corrected chi connectivity index (χ1v) is 9.14. The van der Waals surface area contributed by atoms with Crippen molar-refractivity contribution < 1.29 is 14.6 Å². The highest BCUT2D eigenvalue weighted by atomic mass is 16.5. The predicted molar refractivity (Wildman–Crippen MR) is 93.2 cm³/mol. The van der Waals surface area contributed by atoms with Crippen LogP contribution in [0.2, 0.25) is 0 Å². The number of ether oxygens (including phenoxy) is 1. The van der Waals surface area contributed by atoms with Crippen LogP contribution in [-0.2, 0) is 11.2 Å². The summed E-state index contributed by atoms with van der Waals surface area (Å²) in [5.41, 5.74) is 5.22. The summed E-state index contributed by atoms with van der Waals surface area (Å²) in [7, 11) is 1.71. The molecule has 0 bridgehead atoms. The highest BCUT2D eigenvalue weighted by molar-refractivity contribution is 5.94. The van der Waals surface area contributed by atoms with Crippen LogP contribution < -0.4 is 4.74 Å². The first-order valence-electron chi connectivity index (χ1n) is 9.14. The summed E-state index contributed by atoms with van der Waals surface area (Å²) in [6, 6.07) is 6.43. The molecule has 3 aliphatic carbocycles. The van der Waals surface area contributed by atoms with Gasteiger partial charge in [-0.15, -0.1) is 0 Å². The van der Waals surface area contributed by atoms with Crippen molar-refractivity contribution in [2.24, 2.45) is 17.8 Å². The number of carbonyl (C=O) groups is 1. The summed E-state index contributed by atoms with van der Waals surface area (Å²) in [6.07, 6.45) is 5.19. The van der Waals surface area contributed by atoms with Crippen LogP contribution in [0.5, 0.6) is 5.75 Å². The third kappa shape index (κ3) is 2.33. The standard InChI is InChI=1S/C21H26O3/c1-12(23)16-7-8-17-18-6-4-13-3-5-15(24-2)10-19(13)21(18)14(11-22)9-20(16)17/h3,5,10,14,17-18,21-22H,4,6-9,11H2,1-2H3/t14-,17+,18+,21+/m1/s1. The molecule has 3 nitrogen and oxygen atoms in total. The van der Waals surface area contributed by atoms with Gasteiger partial charge >= 0.3 is 0 Å². The van der Waals surface area contributed by atoms with Gasteiger partial charge in [0.25, 0.3) is 0 Å². The molecule has 4 rings (SSSR count). The molecule has 3 heteroatoms. The van der Waals surface area contributed by atoms with E-state index in [9.17, 15) is 9.90 Å². The highest BCUT2D eigenvalue weighted by Gasteiger charge is 2.47. The number of benzene rings is 1. The molecule has 0 radical (unpaired) electrons. The molecule has 4 atom stereocenters. The molecule has 1 fully saturated rings. The summed E-state index contributed by atoms with van der Waals surface area (Å²) < 4.78 is 5.45. The van der Waals surface area contributed by atoms with Gasteiger partial charge in [0.1, 0.15) is 5.75 Å². The molecule has 3 aliphatic rings. The van der Waals surface area contributed by atoms with Crippen LogP contribution in [0.15, 0.2) is 29.3 Å². The minimum atomic E-state index is 0.194. The highest BCUT2D eigenvalue weighted by Crippen LogP contribution is 2.57. The zero-order valence-corrected chi connectivity index (χ0v) is 14.5. The predicted octanol–water partition coefficient (Wildman–Crippen LogP) is 3.65. The average Bonchev–Trinajstić information content (AvgIpc) is 3.04. The molecule has 0 heterocycles. The molecule has 1 N–H and O–H groups in total. The number of methoxy groups -OCH3 is 1. The largest absolute Gasteiger partial charge is 0.497 e. The molecule has 0 aliphatic heterocycles. The average molecular weight is 326 g/mol. The van der Waals surface area contributed by atoms with Gasteiger partial charge in [-0.05, 0) is 91.5 Å². The number of fused-ring (bicyclic) bond motifs is 5. The molecule has 0 unspecified atom stereocenters. The van der Waals surface area contributed by atoms with E-state index in [0.29, 0.717) is 17.8 Å². The van der Waals surface area contributed by atoms with Gasteiger partial charge in [-0.25, -0.2) is 0 Å². The molecule has 0 aromatic heterocycles. The molecular formula is C21H26O3. The van der Waals surface area contributed by atoms with Crippen molar-refractivity contribution in [1.82, 2.24) is 0 Å². The topological polar surface area (TPSA) is 46.5 Å². The molecule has 1 aromatic rings. The minimum absolute atomic E-state index is 0.194. The zero-order valence-electron chi connectivity index (χ0n) is 14.5. The lowest BCUT2D eigenvalue weighted by atomic mass is 9.58.